The monoisotopic (exact) mass is 251 g/mol. The Balaban J connectivity index is 2.00. The van der Waals surface area contributed by atoms with Gasteiger partial charge in [-0.2, -0.15) is 0 Å². The third-order valence-corrected chi connectivity index (χ3v) is 3.14. The number of aromatic nitrogens is 3. The minimum absolute atomic E-state index is 0.360. The molecule has 96 valence electrons. The number of hydrogen-bond acceptors (Lipinski definition) is 6. The summed E-state index contributed by atoms with van der Waals surface area (Å²) in [4.78, 5) is 0. The van der Waals surface area contributed by atoms with E-state index in [9.17, 15) is 10.2 Å². The van der Waals surface area contributed by atoms with Crippen molar-refractivity contribution in [3.8, 4) is 0 Å². The molecule has 0 amide bonds. The molecule has 2 aromatic rings. The molecule has 0 bridgehead atoms. The Hall–Kier alpha value is -1.54. The second-order valence-corrected chi connectivity index (χ2v) is 4.25. The fraction of sp³-hybridized carbons (Fsp3) is 0.455. The largest absolute Gasteiger partial charge is 0.394 e. The summed E-state index contributed by atoms with van der Waals surface area (Å²) in [6.45, 7) is -0.360. The maximum absolute atomic E-state index is 9.92. The minimum Gasteiger partial charge on any atom is -0.394 e. The molecule has 3 rings (SSSR count). The van der Waals surface area contributed by atoms with E-state index in [2.05, 4.69) is 10.3 Å². The minimum atomic E-state index is -1.15. The van der Waals surface area contributed by atoms with Crippen LogP contribution in [-0.2, 0) is 4.74 Å². The van der Waals surface area contributed by atoms with Crippen molar-refractivity contribution >= 4 is 11.0 Å². The molecule has 4 atom stereocenters. The van der Waals surface area contributed by atoms with Gasteiger partial charge in [0, 0.05) is 0 Å². The third kappa shape index (κ3) is 1.60. The van der Waals surface area contributed by atoms with Crippen LogP contribution in [0.4, 0.5) is 0 Å². The van der Waals surface area contributed by atoms with E-state index in [0.29, 0.717) is 11.0 Å². The van der Waals surface area contributed by atoms with Crippen molar-refractivity contribution in [2.45, 2.75) is 24.5 Å². The van der Waals surface area contributed by atoms with Gasteiger partial charge in [0.1, 0.15) is 23.8 Å². The van der Waals surface area contributed by atoms with E-state index >= 15 is 0 Å². The molecule has 0 saturated carbocycles. The van der Waals surface area contributed by atoms with Crippen molar-refractivity contribution in [1.82, 2.24) is 15.0 Å². The molecule has 2 heterocycles. The zero-order chi connectivity index (χ0) is 12.7. The summed E-state index contributed by atoms with van der Waals surface area (Å²) in [6.07, 6.45) is -3.94. The van der Waals surface area contributed by atoms with Gasteiger partial charge in [-0.1, -0.05) is 17.3 Å². The lowest BCUT2D eigenvalue weighted by Crippen LogP contribution is -2.33. The fourth-order valence-electron chi connectivity index (χ4n) is 2.16. The average Bonchev–Trinajstić information content (AvgIpc) is 2.93. The Bertz CT molecular complexity index is 558. The van der Waals surface area contributed by atoms with Crippen LogP contribution < -0.4 is 0 Å². The average molecular weight is 251 g/mol. The Labute approximate surface area is 102 Å². The lowest BCUT2D eigenvalue weighted by Gasteiger charge is -2.14. The number of benzene rings is 1. The van der Waals surface area contributed by atoms with Gasteiger partial charge in [0.2, 0.25) is 0 Å². The van der Waals surface area contributed by atoms with E-state index in [0.717, 1.165) is 0 Å². The molecule has 0 unspecified atom stereocenters. The van der Waals surface area contributed by atoms with Crippen molar-refractivity contribution in [2.75, 3.05) is 6.61 Å². The Kier molecular flexibility index (Phi) is 2.75. The van der Waals surface area contributed by atoms with Crippen molar-refractivity contribution in [2.24, 2.45) is 0 Å². The number of fused-ring (bicyclic) bond motifs is 1. The molecule has 1 aliphatic heterocycles. The molecular weight excluding hydrogens is 238 g/mol. The number of para-hydroxylation sites is 1. The molecule has 1 aliphatic rings. The quantitative estimate of drug-likeness (QED) is 0.635. The summed E-state index contributed by atoms with van der Waals surface area (Å²) in [5, 5.41) is 36.5. The van der Waals surface area contributed by atoms with Gasteiger partial charge in [0.15, 0.2) is 6.23 Å². The molecule has 7 nitrogen and oxygen atoms in total. The summed E-state index contributed by atoms with van der Waals surface area (Å²) < 4.78 is 6.81. The zero-order valence-corrected chi connectivity index (χ0v) is 9.42. The Morgan fingerprint density at radius 2 is 2.00 bits per heavy atom. The van der Waals surface area contributed by atoms with Crippen molar-refractivity contribution < 1.29 is 20.1 Å². The van der Waals surface area contributed by atoms with Crippen LogP contribution in [0.3, 0.4) is 0 Å². The zero-order valence-electron chi connectivity index (χ0n) is 9.42. The van der Waals surface area contributed by atoms with Gasteiger partial charge < -0.3 is 20.1 Å². The first kappa shape index (κ1) is 11.5. The topological polar surface area (TPSA) is 101 Å². The van der Waals surface area contributed by atoms with E-state index in [1.165, 1.54) is 4.68 Å². The smallest absolute Gasteiger partial charge is 0.181 e. The number of hydrogen-bond donors (Lipinski definition) is 3. The van der Waals surface area contributed by atoms with E-state index in [1.807, 2.05) is 12.1 Å². The second kappa shape index (κ2) is 4.29. The molecule has 1 fully saturated rings. The number of aliphatic hydroxyl groups excluding tert-OH is 3. The maximum atomic E-state index is 9.92. The highest BCUT2D eigenvalue weighted by Gasteiger charge is 2.44. The SMILES string of the molecule is OC[C@@H]1O[C@@H](n2nnc3ccccc32)[C@H](O)[C@@H]1O. The van der Waals surface area contributed by atoms with Gasteiger partial charge in [-0.25, -0.2) is 4.68 Å². The van der Waals surface area contributed by atoms with Crippen molar-refractivity contribution in [3.63, 3.8) is 0 Å². The Morgan fingerprint density at radius 3 is 2.72 bits per heavy atom. The molecule has 18 heavy (non-hydrogen) atoms. The lowest BCUT2D eigenvalue weighted by molar-refractivity contribution is -0.0572. The molecule has 0 aliphatic carbocycles. The normalized spacial score (nSPS) is 32.2. The molecule has 3 N–H and O–H groups in total. The van der Waals surface area contributed by atoms with Crippen LogP contribution in [-0.4, -0.2) is 55.2 Å². The highest BCUT2D eigenvalue weighted by Crippen LogP contribution is 2.30. The highest BCUT2D eigenvalue weighted by molar-refractivity contribution is 5.73. The van der Waals surface area contributed by atoms with Gasteiger partial charge >= 0.3 is 0 Å². The number of nitrogens with zero attached hydrogens (tertiary/aromatic N) is 3. The first-order valence-corrected chi connectivity index (χ1v) is 5.65. The number of aliphatic hydroxyl groups is 3. The standard InChI is InChI=1S/C11H13N3O4/c15-5-8-9(16)10(17)11(18-8)14-7-4-2-1-3-6(7)12-13-14/h1-4,8-11,15-17H,5H2/t8-,9+,10+,11+/m0/s1. The molecule has 1 aromatic heterocycles. The van der Waals surface area contributed by atoms with Gasteiger partial charge in [0.05, 0.1) is 12.1 Å². The Morgan fingerprint density at radius 1 is 1.22 bits per heavy atom. The van der Waals surface area contributed by atoms with Gasteiger partial charge in [-0.05, 0) is 12.1 Å². The van der Waals surface area contributed by atoms with Crippen LogP contribution in [0, 0.1) is 0 Å². The predicted molar refractivity (Wildman–Crippen MR) is 60.5 cm³/mol. The van der Waals surface area contributed by atoms with E-state index in [1.54, 1.807) is 12.1 Å². The molecule has 1 saturated heterocycles. The van der Waals surface area contributed by atoms with Crippen LogP contribution in [0.2, 0.25) is 0 Å². The van der Waals surface area contributed by atoms with Crippen LogP contribution in [0.1, 0.15) is 6.23 Å². The van der Waals surface area contributed by atoms with Gasteiger partial charge in [-0.3, -0.25) is 0 Å². The molecule has 0 spiro atoms. The fourth-order valence-corrected chi connectivity index (χ4v) is 2.16. The molecule has 1 aromatic carbocycles. The molecule has 7 heteroatoms. The number of rotatable bonds is 2. The van der Waals surface area contributed by atoms with Crippen molar-refractivity contribution in [1.29, 1.82) is 0 Å². The maximum Gasteiger partial charge on any atom is 0.181 e. The van der Waals surface area contributed by atoms with Crippen LogP contribution in [0.15, 0.2) is 24.3 Å². The summed E-state index contributed by atoms with van der Waals surface area (Å²) >= 11 is 0. The van der Waals surface area contributed by atoms with E-state index < -0.39 is 24.5 Å². The summed E-state index contributed by atoms with van der Waals surface area (Å²) in [7, 11) is 0. The summed E-state index contributed by atoms with van der Waals surface area (Å²) in [6, 6.07) is 7.24. The second-order valence-electron chi connectivity index (χ2n) is 4.25. The van der Waals surface area contributed by atoms with Gasteiger partial charge in [0.25, 0.3) is 0 Å². The number of ether oxygens (including phenoxy) is 1. The highest BCUT2D eigenvalue weighted by atomic mass is 16.6. The summed E-state index contributed by atoms with van der Waals surface area (Å²) in [5.74, 6) is 0. The summed E-state index contributed by atoms with van der Waals surface area (Å²) in [5.41, 5.74) is 1.38. The predicted octanol–water partition coefficient (Wildman–Crippen LogP) is -0.957. The lowest BCUT2D eigenvalue weighted by atomic mass is 10.1. The van der Waals surface area contributed by atoms with Crippen LogP contribution >= 0.6 is 0 Å². The first-order valence-electron chi connectivity index (χ1n) is 5.65. The van der Waals surface area contributed by atoms with Crippen LogP contribution in [0.5, 0.6) is 0 Å². The van der Waals surface area contributed by atoms with Gasteiger partial charge in [-0.15, -0.1) is 5.10 Å². The van der Waals surface area contributed by atoms with Crippen LogP contribution in [0.25, 0.3) is 11.0 Å². The molecule has 0 radical (unpaired) electrons. The first-order chi connectivity index (χ1) is 8.72. The molecular formula is C11H13N3O4. The van der Waals surface area contributed by atoms with Crippen molar-refractivity contribution in [3.05, 3.63) is 24.3 Å². The van der Waals surface area contributed by atoms with E-state index in [4.69, 9.17) is 9.84 Å². The van der Waals surface area contributed by atoms with E-state index in [-0.39, 0.29) is 6.61 Å². The third-order valence-electron chi connectivity index (χ3n) is 3.14.